The van der Waals surface area contributed by atoms with Crippen LogP contribution in [0, 0.1) is 0 Å². The highest BCUT2D eigenvalue weighted by Crippen LogP contribution is 2.24. The normalized spacial score (nSPS) is 27.1. The minimum Gasteiger partial charge on any atom is -0.324 e. The zero-order chi connectivity index (χ0) is 13.0. The lowest BCUT2D eigenvalue weighted by Gasteiger charge is -2.39. The highest BCUT2D eigenvalue weighted by molar-refractivity contribution is 5.18. The third-order valence-corrected chi connectivity index (χ3v) is 4.30. The maximum atomic E-state index is 6.28. The fourth-order valence-corrected chi connectivity index (χ4v) is 3.07. The van der Waals surface area contributed by atoms with Crippen LogP contribution in [0.4, 0.5) is 0 Å². The van der Waals surface area contributed by atoms with Crippen molar-refractivity contribution in [1.29, 1.82) is 0 Å². The number of likely N-dealkylation sites (tertiary alicyclic amines) is 1. The van der Waals surface area contributed by atoms with Gasteiger partial charge < -0.3 is 5.73 Å². The highest BCUT2D eigenvalue weighted by Gasteiger charge is 2.24. The summed E-state index contributed by atoms with van der Waals surface area (Å²) < 4.78 is 0. The van der Waals surface area contributed by atoms with E-state index in [1.54, 1.807) is 0 Å². The van der Waals surface area contributed by atoms with Crippen LogP contribution < -0.4 is 5.73 Å². The van der Waals surface area contributed by atoms with Crippen LogP contribution in [-0.4, -0.2) is 23.5 Å². The molecule has 0 saturated carbocycles. The van der Waals surface area contributed by atoms with E-state index in [0.717, 1.165) is 25.0 Å². The molecule has 1 aromatic rings. The zero-order valence-electron chi connectivity index (χ0n) is 11.7. The molecule has 100 valence electrons. The maximum absolute atomic E-state index is 6.28. The van der Waals surface area contributed by atoms with Crippen LogP contribution in [0.1, 0.15) is 51.1 Å². The molecule has 18 heavy (non-hydrogen) atoms. The second kappa shape index (κ2) is 6.35. The van der Waals surface area contributed by atoms with Crippen LogP contribution in [0.2, 0.25) is 0 Å². The summed E-state index contributed by atoms with van der Waals surface area (Å²) in [6.45, 7) is 5.83. The van der Waals surface area contributed by atoms with Crippen LogP contribution in [0.25, 0.3) is 0 Å². The summed E-state index contributed by atoms with van der Waals surface area (Å²) in [4.78, 5) is 2.63. The standard InChI is InChI=1S/C16H26N2/c1-13-7-6-8-14(2)18(13)12-11-16(17)15-9-4-3-5-10-15/h3-5,9-10,13-14,16H,6-8,11-12,17H2,1-2H3/t13-,14+,16?. The van der Waals surface area contributed by atoms with Gasteiger partial charge in [-0.2, -0.15) is 0 Å². The molecule has 1 unspecified atom stereocenters. The molecule has 1 fully saturated rings. The van der Waals surface area contributed by atoms with E-state index in [-0.39, 0.29) is 6.04 Å². The van der Waals surface area contributed by atoms with Crippen molar-refractivity contribution in [2.75, 3.05) is 6.54 Å². The highest BCUT2D eigenvalue weighted by atomic mass is 15.2. The Hall–Kier alpha value is -0.860. The van der Waals surface area contributed by atoms with Gasteiger partial charge in [-0.1, -0.05) is 36.8 Å². The van der Waals surface area contributed by atoms with Crippen LogP contribution in [0.3, 0.4) is 0 Å². The van der Waals surface area contributed by atoms with Gasteiger partial charge in [0.2, 0.25) is 0 Å². The van der Waals surface area contributed by atoms with Crippen molar-refractivity contribution in [2.24, 2.45) is 5.73 Å². The summed E-state index contributed by atoms with van der Waals surface area (Å²) in [6, 6.07) is 12.1. The van der Waals surface area contributed by atoms with Gasteiger partial charge in [0.25, 0.3) is 0 Å². The van der Waals surface area contributed by atoms with E-state index >= 15 is 0 Å². The Bertz CT molecular complexity index is 339. The van der Waals surface area contributed by atoms with Crippen LogP contribution in [0.15, 0.2) is 30.3 Å². The second-order valence-electron chi connectivity index (χ2n) is 5.67. The molecular weight excluding hydrogens is 220 g/mol. The van der Waals surface area contributed by atoms with Gasteiger partial charge >= 0.3 is 0 Å². The van der Waals surface area contributed by atoms with E-state index in [4.69, 9.17) is 5.73 Å². The molecule has 0 spiro atoms. The first kappa shape index (κ1) is 13.6. The van der Waals surface area contributed by atoms with Crippen molar-refractivity contribution in [3.05, 3.63) is 35.9 Å². The van der Waals surface area contributed by atoms with Gasteiger partial charge in [-0.15, -0.1) is 0 Å². The molecule has 2 rings (SSSR count). The molecule has 1 aliphatic rings. The van der Waals surface area contributed by atoms with Gasteiger partial charge in [0.05, 0.1) is 0 Å². The Kier molecular flexibility index (Phi) is 4.79. The lowest BCUT2D eigenvalue weighted by molar-refractivity contribution is 0.0997. The molecule has 1 aliphatic heterocycles. The molecular formula is C16H26N2. The Morgan fingerprint density at radius 3 is 2.39 bits per heavy atom. The smallest absolute Gasteiger partial charge is 0.0307 e. The van der Waals surface area contributed by atoms with Crippen LogP contribution in [0.5, 0.6) is 0 Å². The van der Waals surface area contributed by atoms with Crippen molar-refractivity contribution in [3.63, 3.8) is 0 Å². The number of rotatable bonds is 4. The first-order chi connectivity index (χ1) is 8.68. The molecule has 2 N–H and O–H groups in total. The van der Waals surface area contributed by atoms with Crippen molar-refractivity contribution < 1.29 is 0 Å². The van der Waals surface area contributed by atoms with Gasteiger partial charge in [0.1, 0.15) is 0 Å². The topological polar surface area (TPSA) is 29.3 Å². The van der Waals surface area contributed by atoms with Crippen LogP contribution >= 0.6 is 0 Å². The van der Waals surface area contributed by atoms with E-state index in [0.29, 0.717) is 0 Å². The minimum atomic E-state index is 0.174. The number of hydrogen-bond acceptors (Lipinski definition) is 2. The minimum absolute atomic E-state index is 0.174. The molecule has 1 heterocycles. The largest absolute Gasteiger partial charge is 0.324 e. The first-order valence-electron chi connectivity index (χ1n) is 7.24. The molecule has 0 aromatic heterocycles. The molecule has 3 atom stereocenters. The Morgan fingerprint density at radius 2 is 1.78 bits per heavy atom. The molecule has 0 bridgehead atoms. The lowest BCUT2D eigenvalue weighted by Crippen LogP contribution is -2.44. The molecule has 0 radical (unpaired) electrons. The number of nitrogens with two attached hydrogens (primary N) is 1. The summed E-state index contributed by atoms with van der Waals surface area (Å²) in [5.41, 5.74) is 7.54. The maximum Gasteiger partial charge on any atom is 0.0307 e. The monoisotopic (exact) mass is 246 g/mol. The van der Waals surface area contributed by atoms with Crippen LogP contribution in [-0.2, 0) is 0 Å². The van der Waals surface area contributed by atoms with Gasteiger partial charge in [-0.05, 0) is 38.7 Å². The van der Waals surface area contributed by atoms with E-state index in [9.17, 15) is 0 Å². The van der Waals surface area contributed by atoms with E-state index in [2.05, 4.69) is 43.0 Å². The molecule has 2 heteroatoms. The van der Waals surface area contributed by atoms with Gasteiger partial charge in [-0.3, -0.25) is 4.90 Å². The third-order valence-electron chi connectivity index (χ3n) is 4.30. The van der Waals surface area contributed by atoms with E-state index in [1.165, 1.54) is 24.8 Å². The first-order valence-corrected chi connectivity index (χ1v) is 7.24. The van der Waals surface area contributed by atoms with E-state index < -0.39 is 0 Å². The van der Waals surface area contributed by atoms with Gasteiger partial charge in [0.15, 0.2) is 0 Å². The summed E-state index contributed by atoms with van der Waals surface area (Å²) >= 11 is 0. The second-order valence-corrected chi connectivity index (χ2v) is 5.67. The average Bonchev–Trinajstić information content (AvgIpc) is 2.39. The molecule has 1 aromatic carbocycles. The molecule has 0 amide bonds. The summed E-state index contributed by atoms with van der Waals surface area (Å²) in [5, 5.41) is 0. The quantitative estimate of drug-likeness (QED) is 0.883. The molecule has 2 nitrogen and oxygen atoms in total. The Balaban J connectivity index is 1.87. The molecule has 0 aliphatic carbocycles. The fraction of sp³-hybridized carbons (Fsp3) is 0.625. The number of nitrogens with zero attached hydrogens (tertiary/aromatic N) is 1. The number of hydrogen-bond donors (Lipinski definition) is 1. The predicted molar refractivity (Wildman–Crippen MR) is 77.5 cm³/mol. The van der Waals surface area contributed by atoms with Crippen molar-refractivity contribution in [1.82, 2.24) is 4.90 Å². The van der Waals surface area contributed by atoms with Gasteiger partial charge in [0, 0.05) is 24.7 Å². The lowest BCUT2D eigenvalue weighted by atomic mass is 9.96. The predicted octanol–water partition coefficient (Wildman–Crippen LogP) is 3.34. The summed E-state index contributed by atoms with van der Waals surface area (Å²) in [7, 11) is 0. The van der Waals surface area contributed by atoms with Crippen molar-refractivity contribution in [3.8, 4) is 0 Å². The Labute approximate surface area is 111 Å². The molecule has 1 saturated heterocycles. The SMILES string of the molecule is C[C@@H]1CCC[C@H](C)N1CCC(N)c1ccccc1. The average molecular weight is 246 g/mol. The summed E-state index contributed by atoms with van der Waals surface area (Å²) in [5.74, 6) is 0. The summed E-state index contributed by atoms with van der Waals surface area (Å²) in [6.07, 6.45) is 5.11. The third kappa shape index (κ3) is 3.33. The van der Waals surface area contributed by atoms with Crippen molar-refractivity contribution >= 4 is 0 Å². The van der Waals surface area contributed by atoms with Gasteiger partial charge in [-0.25, -0.2) is 0 Å². The Morgan fingerprint density at radius 1 is 1.17 bits per heavy atom. The number of benzene rings is 1. The van der Waals surface area contributed by atoms with E-state index in [1.807, 2.05) is 6.07 Å². The zero-order valence-corrected chi connectivity index (χ0v) is 11.7. The fourth-order valence-electron chi connectivity index (χ4n) is 3.07. The number of piperidine rings is 1. The van der Waals surface area contributed by atoms with Crippen molar-refractivity contribution in [2.45, 2.75) is 57.7 Å².